The van der Waals surface area contributed by atoms with Gasteiger partial charge in [0, 0.05) is 11.6 Å². The molecule has 0 spiro atoms. The largest absolute Gasteiger partial charge is 0.411 e. The van der Waals surface area contributed by atoms with Gasteiger partial charge in [-0.25, -0.2) is 0 Å². The fourth-order valence-electron chi connectivity index (χ4n) is 1.18. The van der Waals surface area contributed by atoms with Crippen molar-refractivity contribution in [2.45, 2.75) is 0 Å². The van der Waals surface area contributed by atoms with Crippen molar-refractivity contribution in [2.24, 2.45) is 5.90 Å². The van der Waals surface area contributed by atoms with Gasteiger partial charge >= 0.3 is 0 Å². The molecule has 0 radical (unpaired) electrons. The fraction of sp³-hybridized carbons (Fsp3) is 0. The molecule has 1 aromatic carbocycles. The van der Waals surface area contributed by atoms with Crippen molar-refractivity contribution >= 4 is 10.9 Å². The van der Waals surface area contributed by atoms with Gasteiger partial charge in [0.05, 0.1) is 5.52 Å². The molecule has 0 saturated heterocycles. The summed E-state index contributed by atoms with van der Waals surface area (Å²) in [6, 6.07) is 9.36. The van der Waals surface area contributed by atoms with Crippen molar-refractivity contribution in [3.05, 3.63) is 36.5 Å². The Labute approximate surface area is 69.7 Å². The molecule has 0 atom stereocenters. The van der Waals surface area contributed by atoms with E-state index < -0.39 is 0 Å². The number of hydrogen-bond acceptors (Lipinski definition) is 3. The number of fused-ring (bicyclic) bond motifs is 1. The van der Waals surface area contributed by atoms with Gasteiger partial charge in [-0.2, -0.15) is 5.90 Å². The lowest BCUT2D eigenvalue weighted by Gasteiger charge is -2.01. The Morgan fingerprint density at radius 3 is 2.92 bits per heavy atom. The maximum Gasteiger partial charge on any atom is 0.156 e. The van der Waals surface area contributed by atoms with Crippen LogP contribution in [0.3, 0.4) is 0 Å². The van der Waals surface area contributed by atoms with E-state index in [1.807, 2.05) is 30.3 Å². The fourth-order valence-corrected chi connectivity index (χ4v) is 1.18. The maximum atomic E-state index is 5.09. The summed E-state index contributed by atoms with van der Waals surface area (Å²) in [6.07, 6.45) is 1.74. The zero-order chi connectivity index (χ0) is 8.39. The zero-order valence-corrected chi connectivity index (χ0v) is 6.40. The van der Waals surface area contributed by atoms with E-state index in [1.165, 1.54) is 0 Å². The van der Waals surface area contributed by atoms with E-state index in [2.05, 4.69) is 9.82 Å². The van der Waals surface area contributed by atoms with Crippen LogP contribution in [0.25, 0.3) is 10.9 Å². The van der Waals surface area contributed by atoms with E-state index in [1.54, 1.807) is 6.20 Å². The quantitative estimate of drug-likeness (QED) is 0.643. The van der Waals surface area contributed by atoms with Gasteiger partial charge in [-0.15, -0.1) is 0 Å². The SMILES string of the molecule is NOc1cccc2ncccc12. The molecule has 0 amide bonds. The predicted molar refractivity (Wildman–Crippen MR) is 46.6 cm³/mol. The standard InChI is InChI=1S/C9H8N2O/c10-12-9-5-1-4-8-7(9)3-2-6-11-8/h1-6H,10H2. The van der Waals surface area contributed by atoms with Gasteiger partial charge in [0.1, 0.15) is 0 Å². The first-order chi connectivity index (χ1) is 5.92. The predicted octanol–water partition coefficient (Wildman–Crippen LogP) is 1.49. The number of nitrogens with zero attached hydrogens (tertiary/aromatic N) is 1. The molecular weight excluding hydrogens is 152 g/mol. The highest BCUT2D eigenvalue weighted by Crippen LogP contribution is 2.21. The first-order valence-corrected chi connectivity index (χ1v) is 3.62. The Kier molecular flexibility index (Phi) is 1.64. The summed E-state index contributed by atoms with van der Waals surface area (Å²) in [5, 5.41) is 0.933. The Morgan fingerprint density at radius 2 is 2.08 bits per heavy atom. The van der Waals surface area contributed by atoms with E-state index in [9.17, 15) is 0 Å². The molecule has 2 aromatic rings. The number of aromatic nitrogens is 1. The highest BCUT2D eigenvalue weighted by molar-refractivity contribution is 5.84. The minimum Gasteiger partial charge on any atom is -0.411 e. The van der Waals surface area contributed by atoms with Crippen LogP contribution >= 0.6 is 0 Å². The minimum atomic E-state index is 0.653. The zero-order valence-electron chi connectivity index (χ0n) is 6.40. The third kappa shape index (κ3) is 1.00. The molecule has 2 rings (SSSR count). The minimum absolute atomic E-state index is 0.653. The molecule has 60 valence electrons. The summed E-state index contributed by atoms with van der Waals surface area (Å²) in [5.74, 6) is 5.74. The molecule has 12 heavy (non-hydrogen) atoms. The van der Waals surface area contributed by atoms with Crippen LogP contribution < -0.4 is 10.7 Å². The van der Waals surface area contributed by atoms with E-state index in [-0.39, 0.29) is 0 Å². The third-order valence-electron chi connectivity index (χ3n) is 1.73. The summed E-state index contributed by atoms with van der Waals surface area (Å²) in [5.41, 5.74) is 0.889. The average Bonchev–Trinajstić information content (AvgIpc) is 2.17. The average molecular weight is 160 g/mol. The van der Waals surface area contributed by atoms with Crippen LogP contribution in [0.2, 0.25) is 0 Å². The van der Waals surface area contributed by atoms with E-state index in [0.29, 0.717) is 5.75 Å². The molecule has 0 aliphatic carbocycles. The first-order valence-electron chi connectivity index (χ1n) is 3.62. The molecule has 1 aromatic heterocycles. The van der Waals surface area contributed by atoms with Gasteiger partial charge < -0.3 is 4.84 Å². The molecule has 3 heteroatoms. The van der Waals surface area contributed by atoms with Crippen molar-refractivity contribution in [2.75, 3.05) is 0 Å². The lowest BCUT2D eigenvalue weighted by Crippen LogP contribution is -2.02. The highest BCUT2D eigenvalue weighted by atomic mass is 16.6. The van der Waals surface area contributed by atoms with E-state index in [0.717, 1.165) is 10.9 Å². The van der Waals surface area contributed by atoms with E-state index >= 15 is 0 Å². The Hall–Kier alpha value is -1.61. The third-order valence-corrected chi connectivity index (χ3v) is 1.73. The summed E-state index contributed by atoms with van der Waals surface area (Å²) in [7, 11) is 0. The summed E-state index contributed by atoms with van der Waals surface area (Å²) >= 11 is 0. The van der Waals surface area contributed by atoms with Crippen LogP contribution in [0.1, 0.15) is 0 Å². The van der Waals surface area contributed by atoms with Crippen LogP contribution in [0.4, 0.5) is 0 Å². The van der Waals surface area contributed by atoms with Crippen LogP contribution in [-0.2, 0) is 0 Å². The summed E-state index contributed by atoms with van der Waals surface area (Å²) < 4.78 is 0. The Morgan fingerprint density at radius 1 is 1.17 bits per heavy atom. The number of rotatable bonds is 1. The van der Waals surface area contributed by atoms with Crippen molar-refractivity contribution in [3.63, 3.8) is 0 Å². The smallest absolute Gasteiger partial charge is 0.156 e. The number of benzene rings is 1. The summed E-state index contributed by atoms with van der Waals surface area (Å²) in [6.45, 7) is 0. The second-order valence-electron chi connectivity index (χ2n) is 2.44. The van der Waals surface area contributed by atoms with Gasteiger partial charge in [-0.1, -0.05) is 6.07 Å². The Balaban J connectivity index is 2.79. The van der Waals surface area contributed by atoms with Gasteiger partial charge in [0.15, 0.2) is 5.75 Å². The second-order valence-corrected chi connectivity index (χ2v) is 2.44. The van der Waals surface area contributed by atoms with Crippen molar-refractivity contribution in [1.82, 2.24) is 4.98 Å². The van der Waals surface area contributed by atoms with Gasteiger partial charge in [0.25, 0.3) is 0 Å². The molecule has 0 unspecified atom stereocenters. The molecule has 3 nitrogen and oxygen atoms in total. The first kappa shape index (κ1) is 7.06. The maximum absolute atomic E-state index is 5.09. The van der Waals surface area contributed by atoms with Gasteiger partial charge in [0.2, 0.25) is 0 Å². The summed E-state index contributed by atoms with van der Waals surface area (Å²) in [4.78, 5) is 8.84. The van der Waals surface area contributed by atoms with Gasteiger partial charge in [-0.05, 0) is 24.3 Å². The number of pyridine rings is 1. The second kappa shape index (κ2) is 2.79. The topological polar surface area (TPSA) is 48.1 Å². The monoisotopic (exact) mass is 160 g/mol. The van der Waals surface area contributed by atoms with Crippen molar-refractivity contribution in [3.8, 4) is 5.75 Å². The van der Waals surface area contributed by atoms with Crippen molar-refractivity contribution < 1.29 is 4.84 Å². The van der Waals surface area contributed by atoms with E-state index in [4.69, 9.17) is 5.90 Å². The highest BCUT2D eigenvalue weighted by Gasteiger charge is 1.99. The molecule has 0 saturated carbocycles. The molecule has 2 N–H and O–H groups in total. The Bertz CT molecular complexity index is 395. The molecule has 1 heterocycles. The molecule has 0 bridgehead atoms. The molecule has 0 aliphatic heterocycles. The number of nitrogens with two attached hydrogens (primary N) is 1. The molecule has 0 aliphatic rings. The lowest BCUT2D eigenvalue weighted by atomic mass is 10.2. The van der Waals surface area contributed by atoms with Crippen LogP contribution in [0, 0.1) is 0 Å². The normalized spacial score (nSPS) is 10.1. The number of hydrogen-bond donors (Lipinski definition) is 1. The van der Waals surface area contributed by atoms with Crippen LogP contribution in [0.5, 0.6) is 5.75 Å². The van der Waals surface area contributed by atoms with Gasteiger partial charge in [-0.3, -0.25) is 4.98 Å². The van der Waals surface area contributed by atoms with Crippen LogP contribution in [-0.4, -0.2) is 4.98 Å². The van der Waals surface area contributed by atoms with Crippen LogP contribution in [0.15, 0.2) is 36.5 Å². The van der Waals surface area contributed by atoms with Crippen molar-refractivity contribution in [1.29, 1.82) is 0 Å². The molecular formula is C9H8N2O. The lowest BCUT2D eigenvalue weighted by molar-refractivity contribution is 0.338. The molecule has 0 fully saturated rings.